The molecule has 0 spiro atoms. The molecule has 5 rings (SSSR count). The zero-order valence-corrected chi connectivity index (χ0v) is 32.2. The first-order valence-corrected chi connectivity index (χ1v) is 17.7. The van der Waals surface area contributed by atoms with Crippen LogP contribution in [0.2, 0.25) is 0 Å². The van der Waals surface area contributed by atoms with Crippen LogP contribution in [0.4, 0.5) is 0 Å². The highest BCUT2D eigenvalue weighted by Gasteiger charge is 2.20. The molecule has 0 amide bonds. The van der Waals surface area contributed by atoms with Gasteiger partial charge in [0.1, 0.15) is 12.4 Å². The summed E-state index contributed by atoms with van der Waals surface area (Å²) in [5, 5.41) is 5.19. The third kappa shape index (κ3) is 7.12. The van der Waals surface area contributed by atoms with Gasteiger partial charge in [0.05, 0.1) is 35.3 Å². The van der Waals surface area contributed by atoms with E-state index in [2.05, 4.69) is 83.6 Å². The van der Waals surface area contributed by atoms with Crippen LogP contribution in [0, 0.1) is 6.92 Å². The van der Waals surface area contributed by atoms with Crippen molar-refractivity contribution in [2.45, 2.75) is 40.2 Å². The highest BCUT2D eigenvalue weighted by atomic mass is 79.9. The van der Waals surface area contributed by atoms with E-state index in [0.717, 1.165) is 36.9 Å². The molecule has 7 nitrogen and oxygen atoms in total. The molecule has 0 aliphatic heterocycles. The fourth-order valence-electron chi connectivity index (χ4n) is 4.97. The summed E-state index contributed by atoms with van der Waals surface area (Å²) >= 11 is 14.4. The van der Waals surface area contributed by atoms with Gasteiger partial charge in [-0.3, -0.25) is 4.79 Å². The van der Waals surface area contributed by atoms with Gasteiger partial charge in [-0.15, -0.1) is 0 Å². The number of rotatable bonds is 10. The quantitative estimate of drug-likeness (QED) is 0.131. The summed E-state index contributed by atoms with van der Waals surface area (Å²) in [5.41, 5.74) is 4.70. The SMILES string of the molecule is CCOc1cc(C)c(-c2nc3ccccc3c(=O)n2N=Cc2cc(OC)c(OCc3ccc(Br)cc3Br)c(Br)c2Br)cc1C(C)C. The van der Waals surface area contributed by atoms with Crippen LogP contribution in [0.5, 0.6) is 17.2 Å². The van der Waals surface area contributed by atoms with Crippen molar-refractivity contribution >= 4 is 80.8 Å². The lowest BCUT2D eigenvalue weighted by atomic mass is 9.96. The van der Waals surface area contributed by atoms with E-state index in [1.54, 1.807) is 19.4 Å². The molecule has 238 valence electrons. The van der Waals surface area contributed by atoms with Gasteiger partial charge in [-0.05, 0) is 105 Å². The Morgan fingerprint density at radius 2 is 1.72 bits per heavy atom. The van der Waals surface area contributed by atoms with Crippen molar-refractivity contribution in [3.8, 4) is 28.6 Å². The summed E-state index contributed by atoms with van der Waals surface area (Å²) in [6, 6.07) is 19.1. The van der Waals surface area contributed by atoms with Crippen molar-refractivity contribution in [2.75, 3.05) is 13.7 Å². The first-order valence-electron chi connectivity index (χ1n) is 14.5. The standard InChI is InChI=1S/C35H31Br4N3O4/c1-6-45-29-13-20(4)26(16-25(29)19(2)3)34-41-28-10-8-7-9-24(28)35(43)42(34)40-17-22-14-30(44-5)33(32(39)31(22)38)46-18-21-11-12-23(36)15-27(21)37/h7-17,19H,6,18H2,1-5H3. The average molecular weight is 877 g/mol. The summed E-state index contributed by atoms with van der Waals surface area (Å²) in [6.07, 6.45) is 1.61. The Bertz CT molecular complexity index is 2020. The van der Waals surface area contributed by atoms with Crippen LogP contribution in [0.15, 0.2) is 88.5 Å². The third-order valence-corrected chi connectivity index (χ3v) is 10.7. The van der Waals surface area contributed by atoms with Gasteiger partial charge >= 0.3 is 0 Å². The number of hydrogen-bond donors (Lipinski definition) is 0. The van der Waals surface area contributed by atoms with Gasteiger partial charge in [0, 0.05) is 30.1 Å². The van der Waals surface area contributed by atoms with Crippen molar-refractivity contribution in [2.24, 2.45) is 5.10 Å². The van der Waals surface area contributed by atoms with Gasteiger partial charge in [-0.2, -0.15) is 9.78 Å². The minimum atomic E-state index is -0.279. The summed E-state index contributed by atoms with van der Waals surface area (Å²) in [6.45, 7) is 9.05. The molecule has 1 aromatic heterocycles. The van der Waals surface area contributed by atoms with Crippen molar-refractivity contribution in [3.63, 3.8) is 0 Å². The largest absolute Gasteiger partial charge is 0.494 e. The van der Waals surface area contributed by atoms with Gasteiger partial charge in [0.15, 0.2) is 17.3 Å². The highest BCUT2D eigenvalue weighted by molar-refractivity contribution is 9.13. The highest BCUT2D eigenvalue weighted by Crippen LogP contribution is 2.43. The molecule has 0 saturated carbocycles. The van der Waals surface area contributed by atoms with Crippen molar-refractivity contribution in [1.29, 1.82) is 0 Å². The summed E-state index contributed by atoms with van der Waals surface area (Å²) in [7, 11) is 1.58. The zero-order chi connectivity index (χ0) is 33.1. The van der Waals surface area contributed by atoms with E-state index in [1.165, 1.54) is 4.68 Å². The molecular formula is C35H31Br4N3O4. The molecule has 0 unspecified atom stereocenters. The first-order chi connectivity index (χ1) is 22.0. The minimum Gasteiger partial charge on any atom is -0.494 e. The summed E-state index contributed by atoms with van der Waals surface area (Å²) < 4.78 is 22.5. The predicted octanol–water partition coefficient (Wildman–Crippen LogP) is 10.4. The van der Waals surface area contributed by atoms with E-state index in [-0.39, 0.29) is 11.5 Å². The molecule has 0 bridgehead atoms. The molecule has 0 saturated heterocycles. The van der Waals surface area contributed by atoms with Gasteiger partial charge in [0.25, 0.3) is 5.56 Å². The molecular weight excluding hydrogens is 846 g/mol. The number of methoxy groups -OCH3 is 1. The number of benzene rings is 4. The number of ether oxygens (including phenoxy) is 3. The molecule has 5 aromatic rings. The number of para-hydroxylation sites is 1. The summed E-state index contributed by atoms with van der Waals surface area (Å²) in [5.74, 6) is 2.48. The van der Waals surface area contributed by atoms with Gasteiger partial charge < -0.3 is 14.2 Å². The lowest BCUT2D eigenvalue weighted by molar-refractivity contribution is 0.281. The number of hydrogen-bond acceptors (Lipinski definition) is 6. The van der Waals surface area contributed by atoms with E-state index in [0.29, 0.717) is 55.9 Å². The van der Waals surface area contributed by atoms with E-state index < -0.39 is 0 Å². The molecule has 46 heavy (non-hydrogen) atoms. The van der Waals surface area contributed by atoms with Crippen molar-refractivity contribution in [1.82, 2.24) is 9.66 Å². The molecule has 0 N–H and O–H groups in total. The molecule has 1 heterocycles. The van der Waals surface area contributed by atoms with Gasteiger partial charge in [0.2, 0.25) is 0 Å². The Kier molecular flexibility index (Phi) is 11.1. The predicted molar refractivity (Wildman–Crippen MR) is 199 cm³/mol. The number of halogens is 4. The Labute approximate surface area is 301 Å². The Morgan fingerprint density at radius 3 is 2.41 bits per heavy atom. The number of nitrogens with zero attached hydrogens (tertiary/aromatic N) is 3. The van der Waals surface area contributed by atoms with Crippen LogP contribution >= 0.6 is 63.7 Å². The van der Waals surface area contributed by atoms with E-state index >= 15 is 0 Å². The van der Waals surface area contributed by atoms with E-state index in [4.69, 9.17) is 24.3 Å². The molecule has 0 aliphatic carbocycles. The zero-order valence-electron chi connectivity index (χ0n) is 25.8. The maximum absolute atomic E-state index is 14.0. The van der Waals surface area contributed by atoms with Crippen LogP contribution in [0.25, 0.3) is 22.3 Å². The molecule has 0 fully saturated rings. The van der Waals surface area contributed by atoms with E-state index in [9.17, 15) is 4.79 Å². The molecule has 0 radical (unpaired) electrons. The second-order valence-corrected chi connectivity index (χ2v) is 14.1. The topological polar surface area (TPSA) is 74.9 Å². The lowest BCUT2D eigenvalue weighted by Gasteiger charge is -2.18. The normalized spacial score (nSPS) is 11.5. The third-order valence-electron chi connectivity index (χ3n) is 7.35. The lowest BCUT2D eigenvalue weighted by Crippen LogP contribution is -2.21. The van der Waals surface area contributed by atoms with Gasteiger partial charge in [-0.25, -0.2) is 4.98 Å². The Morgan fingerprint density at radius 1 is 0.957 bits per heavy atom. The van der Waals surface area contributed by atoms with Crippen LogP contribution in [-0.2, 0) is 6.61 Å². The first kappa shape index (κ1) is 34.3. The number of fused-ring (bicyclic) bond motifs is 1. The smallest absolute Gasteiger partial charge is 0.282 e. The summed E-state index contributed by atoms with van der Waals surface area (Å²) in [4.78, 5) is 18.9. The Hall–Kier alpha value is -2.99. The fourth-order valence-corrected chi connectivity index (χ4v) is 7.07. The van der Waals surface area contributed by atoms with Gasteiger partial charge in [-0.1, -0.05) is 63.9 Å². The van der Waals surface area contributed by atoms with Crippen LogP contribution in [0.1, 0.15) is 48.9 Å². The second-order valence-electron chi connectivity index (χ2n) is 10.8. The average Bonchev–Trinajstić information content (AvgIpc) is 3.02. The number of aromatic nitrogens is 2. The van der Waals surface area contributed by atoms with Crippen molar-refractivity contribution < 1.29 is 14.2 Å². The number of aryl methyl sites for hydroxylation is 1. The molecule has 0 atom stereocenters. The van der Waals surface area contributed by atoms with Crippen LogP contribution in [0.3, 0.4) is 0 Å². The van der Waals surface area contributed by atoms with Crippen LogP contribution < -0.4 is 19.8 Å². The molecule has 0 aliphatic rings. The van der Waals surface area contributed by atoms with E-state index in [1.807, 2.05) is 62.4 Å². The Balaban J connectivity index is 1.61. The second kappa shape index (κ2) is 14.8. The fraction of sp³-hybridized carbons (Fsp3) is 0.229. The minimum absolute atomic E-state index is 0.191. The molecule has 4 aromatic carbocycles. The molecule has 11 heteroatoms. The monoisotopic (exact) mass is 873 g/mol. The maximum Gasteiger partial charge on any atom is 0.282 e. The van der Waals surface area contributed by atoms with Crippen molar-refractivity contribution in [3.05, 3.63) is 111 Å². The van der Waals surface area contributed by atoms with Crippen LogP contribution in [-0.4, -0.2) is 29.6 Å². The maximum atomic E-state index is 14.0.